The van der Waals surface area contributed by atoms with Crippen molar-refractivity contribution >= 4 is 0 Å². The number of aryl methyl sites for hydroxylation is 3. The highest BCUT2D eigenvalue weighted by molar-refractivity contribution is 5.20. The maximum atomic E-state index is 5.31. The summed E-state index contributed by atoms with van der Waals surface area (Å²) >= 11 is 0. The Labute approximate surface area is 165 Å². The van der Waals surface area contributed by atoms with Crippen LogP contribution >= 0.6 is 0 Å². The van der Waals surface area contributed by atoms with Crippen molar-refractivity contribution in [1.29, 1.82) is 0 Å². The average Bonchev–Trinajstić information content (AvgIpc) is 3.38. The predicted octanol–water partition coefficient (Wildman–Crippen LogP) is 2.84. The summed E-state index contributed by atoms with van der Waals surface area (Å²) in [7, 11) is 0. The highest BCUT2D eigenvalue weighted by Crippen LogP contribution is 2.29. The smallest absolute Gasteiger partial charge is 0.153 e. The highest BCUT2D eigenvalue weighted by atomic mass is 16.5. The monoisotopic (exact) mass is 383 g/mol. The normalized spacial score (nSPS) is 16.1. The zero-order chi connectivity index (χ0) is 19.7. The van der Waals surface area contributed by atoms with Crippen molar-refractivity contribution in [2.45, 2.75) is 66.1 Å². The van der Waals surface area contributed by atoms with Crippen molar-refractivity contribution in [3.05, 3.63) is 46.9 Å². The molecule has 8 nitrogen and oxygen atoms in total. The van der Waals surface area contributed by atoms with E-state index in [1.54, 1.807) is 0 Å². The molecule has 0 N–H and O–H groups in total. The van der Waals surface area contributed by atoms with E-state index in [1.807, 2.05) is 33.2 Å². The van der Waals surface area contributed by atoms with Crippen LogP contribution in [-0.4, -0.2) is 47.5 Å². The third-order valence-corrected chi connectivity index (χ3v) is 5.92. The number of likely N-dealkylation sites (tertiary alicyclic amines) is 1. The molecule has 1 aliphatic heterocycles. The summed E-state index contributed by atoms with van der Waals surface area (Å²) in [6.07, 6.45) is 6.03. The topological polar surface area (TPSA) is 77.8 Å². The van der Waals surface area contributed by atoms with Gasteiger partial charge in [0, 0.05) is 37.0 Å². The summed E-state index contributed by atoms with van der Waals surface area (Å²) in [5.74, 6) is 4.54. The van der Waals surface area contributed by atoms with Gasteiger partial charge in [0.15, 0.2) is 5.82 Å². The van der Waals surface area contributed by atoms with Gasteiger partial charge in [0.25, 0.3) is 0 Å². The van der Waals surface area contributed by atoms with Gasteiger partial charge in [0.05, 0.1) is 12.2 Å². The Morgan fingerprint density at radius 2 is 1.89 bits per heavy atom. The molecule has 0 unspecified atom stereocenters. The molecular formula is C20H29N7O. The van der Waals surface area contributed by atoms with E-state index in [-0.39, 0.29) is 0 Å². The van der Waals surface area contributed by atoms with Crippen molar-refractivity contribution in [2.24, 2.45) is 0 Å². The van der Waals surface area contributed by atoms with E-state index in [1.165, 1.54) is 5.56 Å². The summed E-state index contributed by atoms with van der Waals surface area (Å²) in [6.45, 7) is 12.8. The molecular weight excluding hydrogens is 354 g/mol. The largest absolute Gasteiger partial charge is 0.361 e. The van der Waals surface area contributed by atoms with Crippen molar-refractivity contribution in [3.8, 4) is 0 Å². The summed E-state index contributed by atoms with van der Waals surface area (Å²) in [5.41, 5.74) is 2.23. The van der Waals surface area contributed by atoms with Crippen LogP contribution in [0.1, 0.15) is 60.2 Å². The number of rotatable bonds is 6. The predicted molar refractivity (Wildman–Crippen MR) is 105 cm³/mol. The molecule has 1 aliphatic rings. The molecule has 0 amide bonds. The lowest BCUT2D eigenvalue weighted by molar-refractivity contribution is 0.198. The SMILES string of the molecule is CCn1c(Cn2ccnc2C)nnc1C1CCN(Cc2c(C)noc2C)CC1. The number of piperidine rings is 1. The molecule has 0 atom stereocenters. The van der Waals surface area contributed by atoms with Crippen molar-refractivity contribution in [1.82, 2.24) is 34.4 Å². The first-order chi connectivity index (χ1) is 13.6. The van der Waals surface area contributed by atoms with Gasteiger partial charge < -0.3 is 13.7 Å². The van der Waals surface area contributed by atoms with E-state index < -0.39 is 0 Å². The van der Waals surface area contributed by atoms with Gasteiger partial charge >= 0.3 is 0 Å². The molecule has 0 bridgehead atoms. The Kier molecular flexibility index (Phi) is 5.30. The molecule has 0 saturated carbocycles. The maximum Gasteiger partial charge on any atom is 0.153 e. The van der Waals surface area contributed by atoms with Gasteiger partial charge in [0.2, 0.25) is 0 Å². The molecule has 8 heteroatoms. The van der Waals surface area contributed by atoms with Crippen LogP contribution in [0.25, 0.3) is 0 Å². The van der Waals surface area contributed by atoms with E-state index >= 15 is 0 Å². The fraction of sp³-hybridized carbons (Fsp3) is 0.600. The zero-order valence-corrected chi connectivity index (χ0v) is 17.2. The van der Waals surface area contributed by atoms with Crippen molar-refractivity contribution in [3.63, 3.8) is 0 Å². The van der Waals surface area contributed by atoms with Crippen LogP contribution in [0.15, 0.2) is 16.9 Å². The van der Waals surface area contributed by atoms with E-state index in [2.05, 4.69) is 41.3 Å². The summed E-state index contributed by atoms with van der Waals surface area (Å²) in [6, 6.07) is 0. The lowest BCUT2D eigenvalue weighted by Gasteiger charge is -2.31. The second kappa shape index (κ2) is 7.87. The molecule has 28 heavy (non-hydrogen) atoms. The van der Waals surface area contributed by atoms with Crippen LogP contribution in [0.3, 0.4) is 0 Å². The van der Waals surface area contributed by atoms with Crippen LogP contribution < -0.4 is 0 Å². The number of hydrogen-bond donors (Lipinski definition) is 0. The molecule has 4 heterocycles. The molecule has 150 valence electrons. The van der Waals surface area contributed by atoms with Crippen LogP contribution in [0.5, 0.6) is 0 Å². The molecule has 1 saturated heterocycles. The van der Waals surface area contributed by atoms with Gasteiger partial charge in [-0.05, 0) is 53.6 Å². The third-order valence-electron chi connectivity index (χ3n) is 5.92. The van der Waals surface area contributed by atoms with Gasteiger partial charge in [-0.1, -0.05) is 5.16 Å². The number of nitrogens with zero attached hydrogens (tertiary/aromatic N) is 7. The highest BCUT2D eigenvalue weighted by Gasteiger charge is 2.27. The zero-order valence-electron chi connectivity index (χ0n) is 17.2. The Balaban J connectivity index is 1.42. The first-order valence-corrected chi connectivity index (χ1v) is 10.1. The molecule has 1 fully saturated rings. The summed E-state index contributed by atoms with van der Waals surface area (Å²) < 4.78 is 9.71. The van der Waals surface area contributed by atoms with Crippen molar-refractivity contribution < 1.29 is 4.52 Å². The first-order valence-electron chi connectivity index (χ1n) is 10.1. The number of imidazole rings is 1. The van der Waals surface area contributed by atoms with E-state index in [0.29, 0.717) is 5.92 Å². The standard InChI is InChI=1S/C20H29N7O/c1-5-27-19(13-26-11-8-21-16(26)4)22-23-20(27)17-6-9-25(10-7-17)12-18-14(2)24-28-15(18)3/h8,11,17H,5-7,9-10,12-13H2,1-4H3. The first kappa shape index (κ1) is 18.9. The molecule has 0 aliphatic carbocycles. The fourth-order valence-electron chi connectivity index (χ4n) is 4.14. The molecule has 3 aromatic rings. The minimum Gasteiger partial charge on any atom is -0.361 e. The molecule has 0 spiro atoms. The quantitative estimate of drug-likeness (QED) is 0.651. The Hall–Kier alpha value is -2.48. The van der Waals surface area contributed by atoms with E-state index in [9.17, 15) is 0 Å². The van der Waals surface area contributed by atoms with Crippen molar-refractivity contribution in [2.75, 3.05) is 13.1 Å². The maximum absolute atomic E-state index is 5.31. The fourth-order valence-corrected chi connectivity index (χ4v) is 4.14. The minimum absolute atomic E-state index is 0.464. The minimum atomic E-state index is 0.464. The third kappa shape index (κ3) is 3.61. The lowest BCUT2D eigenvalue weighted by atomic mass is 9.95. The van der Waals surface area contributed by atoms with Gasteiger partial charge in [0.1, 0.15) is 17.4 Å². The Morgan fingerprint density at radius 3 is 2.50 bits per heavy atom. The van der Waals surface area contributed by atoms with E-state index in [0.717, 1.165) is 74.5 Å². The molecule has 0 aromatic carbocycles. The summed E-state index contributed by atoms with van der Waals surface area (Å²) in [4.78, 5) is 6.80. The second-order valence-corrected chi connectivity index (χ2v) is 7.67. The van der Waals surface area contributed by atoms with Crippen LogP contribution in [0.4, 0.5) is 0 Å². The van der Waals surface area contributed by atoms with E-state index in [4.69, 9.17) is 4.52 Å². The Bertz CT molecular complexity index is 911. The number of hydrogen-bond acceptors (Lipinski definition) is 6. The van der Waals surface area contributed by atoms with Crippen LogP contribution in [-0.2, 0) is 19.6 Å². The van der Waals surface area contributed by atoms with Gasteiger partial charge in [-0.2, -0.15) is 0 Å². The average molecular weight is 384 g/mol. The van der Waals surface area contributed by atoms with Crippen LogP contribution in [0, 0.1) is 20.8 Å². The van der Waals surface area contributed by atoms with Gasteiger partial charge in [-0.15, -0.1) is 10.2 Å². The van der Waals surface area contributed by atoms with Crippen LogP contribution in [0.2, 0.25) is 0 Å². The molecule has 0 radical (unpaired) electrons. The van der Waals surface area contributed by atoms with Gasteiger partial charge in [-0.3, -0.25) is 4.90 Å². The Morgan fingerprint density at radius 1 is 1.11 bits per heavy atom. The number of aromatic nitrogens is 6. The lowest BCUT2D eigenvalue weighted by Crippen LogP contribution is -2.33. The molecule has 4 rings (SSSR count). The second-order valence-electron chi connectivity index (χ2n) is 7.67. The van der Waals surface area contributed by atoms with Gasteiger partial charge in [-0.25, -0.2) is 4.98 Å². The summed E-state index contributed by atoms with van der Waals surface area (Å²) in [5, 5.41) is 13.2. The molecule has 3 aromatic heterocycles.